The van der Waals surface area contributed by atoms with Crippen molar-refractivity contribution in [2.45, 2.75) is 19.9 Å². The van der Waals surface area contributed by atoms with Gasteiger partial charge in [0.2, 0.25) is 5.91 Å². The van der Waals surface area contributed by atoms with Crippen LogP contribution in [0.3, 0.4) is 0 Å². The van der Waals surface area contributed by atoms with Crippen LogP contribution < -0.4 is 10.9 Å². The van der Waals surface area contributed by atoms with Gasteiger partial charge in [0.15, 0.2) is 5.78 Å². The fourth-order valence-corrected chi connectivity index (χ4v) is 5.79. The molecule has 1 N–H and O–H groups in total. The molecule has 0 aliphatic carbocycles. The summed E-state index contributed by atoms with van der Waals surface area (Å²) in [6, 6.07) is 21.2. The van der Waals surface area contributed by atoms with Crippen molar-refractivity contribution in [1.82, 2.24) is 9.55 Å². The maximum atomic E-state index is 13.6. The summed E-state index contributed by atoms with van der Waals surface area (Å²) in [5.41, 5.74) is 2.52. The van der Waals surface area contributed by atoms with E-state index in [-0.39, 0.29) is 23.5 Å². The van der Waals surface area contributed by atoms with Gasteiger partial charge in [-0.05, 0) is 42.3 Å². The zero-order valence-corrected chi connectivity index (χ0v) is 23.4. The van der Waals surface area contributed by atoms with E-state index < -0.39 is 5.91 Å². The van der Waals surface area contributed by atoms with Crippen molar-refractivity contribution >= 4 is 66.5 Å². The lowest BCUT2D eigenvalue weighted by molar-refractivity contribution is -0.116. The molecule has 0 saturated heterocycles. The van der Waals surface area contributed by atoms with Crippen LogP contribution in [0.15, 0.2) is 88.4 Å². The Bertz CT molecular complexity index is 1730. The Balaban J connectivity index is 1.47. The molecule has 1 amide bonds. The molecule has 0 aliphatic rings. The smallest absolute Gasteiger partial charge is 0.263 e. The number of anilines is 1. The molecule has 0 unspecified atom stereocenters. The molecule has 190 valence electrons. The van der Waals surface area contributed by atoms with E-state index >= 15 is 0 Å². The van der Waals surface area contributed by atoms with Crippen molar-refractivity contribution in [3.63, 3.8) is 0 Å². The monoisotopic (exact) mass is 605 g/mol. The summed E-state index contributed by atoms with van der Waals surface area (Å²) < 4.78 is 2.24. The van der Waals surface area contributed by atoms with E-state index in [1.165, 1.54) is 28.3 Å². The molecular formula is C29H21BrClN3O3S. The first-order valence-corrected chi connectivity index (χ1v) is 13.8. The molecule has 0 fully saturated rings. The van der Waals surface area contributed by atoms with Gasteiger partial charge >= 0.3 is 0 Å². The second-order valence-corrected chi connectivity index (χ2v) is 11.0. The fraction of sp³-hybridized carbons (Fsp3) is 0.103. The van der Waals surface area contributed by atoms with Crippen LogP contribution in [0.25, 0.3) is 21.3 Å². The lowest BCUT2D eigenvalue weighted by Crippen LogP contribution is -2.28. The number of amides is 1. The van der Waals surface area contributed by atoms with Gasteiger partial charge in [-0.25, -0.2) is 4.98 Å². The zero-order chi connectivity index (χ0) is 26.8. The van der Waals surface area contributed by atoms with Gasteiger partial charge in [-0.2, -0.15) is 0 Å². The zero-order valence-electron chi connectivity index (χ0n) is 20.2. The molecule has 9 heteroatoms. The molecule has 5 rings (SSSR count). The summed E-state index contributed by atoms with van der Waals surface area (Å²) in [6.07, 6.45) is 2.14. The summed E-state index contributed by atoms with van der Waals surface area (Å²) in [6.45, 7) is 1.78. The summed E-state index contributed by atoms with van der Waals surface area (Å²) in [4.78, 5) is 45.9. The molecule has 6 nitrogen and oxygen atoms in total. The number of hydrogen-bond acceptors (Lipinski definition) is 5. The number of ketones is 1. The topological polar surface area (TPSA) is 81.1 Å². The van der Waals surface area contributed by atoms with Crippen LogP contribution in [0.2, 0.25) is 5.02 Å². The van der Waals surface area contributed by atoms with Crippen LogP contribution in [-0.2, 0) is 17.8 Å². The Morgan fingerprint density at radius 1 is 1.05 bits per heavy atom. The highest BCUT2D eigenvalue weighted by Crippen LogP contribution is 2.37. The van der Waals surface area contributed by atoms with Crippen LogP contribution in [0.5, 0.6) is 0 Å². The molecule has 38 heavy (non-hydrogen) atoms. The largest absolute Gasteiger partial charge is 0.324 e. The quantitative estimate of drug-likeness (QED) is 0.203. The summed E-state index contributed by atoms with van der Waals surface area (Å²) in [7, 11) is 0. The molecule has 3 aromatic carbocycles. The van der Waals surface area contributed by atoms with Crippen LogP contribution in [0, 0.1) is 0 Å². The van der Waals surface area contributed by atoms with Gasteiger partial charge in [0.1, 0.15) is 11.4 Å². The van der Waals surface area contributed by atoms with Crippen molar-refractivity contribution in [3.8, 4) is 11.1 Å². The molecule has 2 heterocycles. The minimum atomic E-state index is -0.464. The molecule has 2 aromatic heterocycles. The summed E-state index contributed by atoms with van der Waals surface area (Å²) >= 11 is 11.1. The minimum Gasteiger partial charge on any atom is -0.324 e. The van der Waals surface area contributed by atoms with E-state index in [0.29, 0.717) is 26.5 Å². The third kappa shape index (κ3) is 5.20. The number of benzene rings is 3. The van der Waals surface area contributed by atoms with Crippen molar-refractivity contribution in [1.29, 1.82) is 0 Å². The molecule has 0 bridgehead atoms. The Morgan fingerprint density at radius 3 is 2.50 bits per heavy atom. The number of aryl methyl sites for hydroxylation is 1. The first-order valence-electron chi connectivity index (χ1n) is 11.8. The van der Waals surface area contributed by atoms with E-state index in [2.05, 4.69) is 26.2 Å². The predicted octanol–water partition coefficient (Wildman–Crippen LogP) is 6.97. The lowest BCUT2D eigenvalue weighted by atomic mass is 10.0. The number of aromatic nitrogens is 2. The average molecular weight is 607 g/mol. The normalized spacial score (nSPS) is 11.0. The number of fused-ring (bicyclic) bond motifs is 1. The van der Waals surface area contributed by atoms with Crippen molar-refractivity contribution in [3.05, 3.63) is 115 Å². The van der Waals surface area contributed by atoms with Crippen LogP contribution in [0.4, 0.5) is 5.69 Å². The van der Waals surface area contributed by atoms with E-state index in [4.69, 9.17) is 11.6 Å². The van der Waals surface area contributed by atoms with Gasteiger partial charge in [-0.3, -0.25) is 19.0 Å². The van der Waals surface area contributed by atoms with Crippen molar-refractivity contribution < 1.29 is 9.59 Å². The van der Waals surface area contributed by atoms with Gasteiger partial charge in [0, 0.05) is 31.1 Å². The predicted molar refractivity (Wildman–Crippen MR) is 156 cm³/mol. The van der Waals surface area contributed by atoms with Gasteiger partial charge in [-0.15, -0.1) is 11.3 Å². The van der Waals surface area contributed by atoms with E-state index in [1.54, 1.807) is 36.4 Å². The Kier molecular flexibility index (Phi) is 7.56. The third-order valence-electron chi connectivity index (χ3n) is 6.06. The summed E-state index contributed by atoms with van der Waals surface area (Å²) in [5, 5.41) is 3.64. The highest BCUT2D eigenvalue weighted by atomic mass is 79.9. The number of rotatable bonds is 7. The van der Waals surface area contributed by atoms with Crippen LogP contribution in [-0.4, -0.2) is 21.2 Å². The number of carbonyl (C=O) groups is 2. The van der Waals surface area contributed by atoms with Gasteiger partial charge in [0.05, 0.1) is 17.4 Å². The SMILES string of the molecule is CCc1sc2ncn(CC(=O)Nc3ccc(Cl)cc3C(=O)c3ccccc3)c(=O)c2c1-c1ccc(Br)cc1. The molecule has 0 spiro atoms. The maximum absolute atomic E-state index is 13.6. The van der Waals surface area contributed by atoms with Crippen LogP contribution >= 0.6 is 38.9 Å². The number of hydrogen-bond donors (Lipinski definition) is 1. The molecule has 5 aromatic rings. The van der Waals surface area contributed by atoms with Crippen molar-refractivity contribution in [2.75, 3.05) is 5.32 Å². The summed E-state index contributed by atoms with van der Waals surface area (Å²) in [5.74, 6) is -0.734. The standard InChI is InChI=1S/C29H21BrClN3O3S/c1-2-23-25(17-8-10-19(30)11-9-17)26-28(38-23)32-16-34(29(26)37)15-24(35)33-22-13-12-20(31)14-21(22)27(36)18-6-4-3-5-7-18/h3-14,16H,2,15H2,1H3,(H,33,35). The van der Waals surface area contributed by atoms with Gasteiger partial charge < -0.3 is 5.32 Å². The van der Waals surface area contributed by atoms with E-state index in [0.717, 1.165) is 26.9 Å². The first-order chi connectivity index (χ1) is 18.4. The molecule has 0 aliphatic heterocycles. The highest BCUT2D eigenvalue weighted by molar-refractivity contribution is 9.10. The fourth-order valence-electron chi connectivity index (χ4n) is 4.26. The number of halogens is 2. The van der Waals surface area contributed by atoms with Crippen molar-refractivity contribution in [2.24, 2.45) is 0 Å². The average Bonchev–Trinajstić information content (AvgIpc) is 3.31. The Labute approximate surface area is 236 Å². The molecular weight excluding hydrogens is 586 g/mol. The number of carbonyl (C=O) groups excluding carboxylic acids is 2. The van der Waals surface area contributed by atoms with Gasteiger partial charge in [0.25, 0.3) is 5.56 Å². The molecule has 0 radical (unpaired) electrons. The van der Waals surface area contributed by atoms with E-state index in [1.807, 2.05) is 37.3 Å². The third-order valence-corrected chi connectivity index (χ3v) is 8.06. The minimum absolute atomic E-state index is 0.263. The number of nitrogens with zero attached hydrogens (tertiary/aromatic N) is 2. The highest BCUT2D eigenvalue weighted by Gasteiger charge is 2.20. The Hall–Kier alpha value is -3.59. The first kappa shape index (κ1) is 26.0. The van der Waals surface area contributed by atoms with Crippen LogP contribution in [0.1, 0.15) is 27.7 Å². The van der Waals surface area contributed by atoms with E-state index in [9.17, 15) is 14.4 Å². The lowest BCUT2D eigenvalue weighted by Gasteiger charge is -2.12. The van der Waals surface area contributed by atoms with Gasteiger partial charge in [-0.1, -0.05) is 76.9 Å². The maximum Gasteiger partial charge on any atom is 0.263 e. The number of thiophene rings is 1. The second-order valence-electron chi connectivity index (χ2n) is 8.55. The number of nitrogens with one attached hydrogen (secondary N) is 1. The molecule has 0 atom stereocenters. The second kappa shape index (κ2) is 11.0. The Morgan fingerprint density at radius 2 is 1.79 bits per heavy atom. The molecule has 0 saturated carbocycles.